The summed E-state index contributed by atoms with van der Waals surface area (Å²) in [6.45, 7) is 1.76. The van der Waals surface area contributed by atoms with Crippen LogP contribution in [-0.4, -0.2) is 44.8 Å². The number of benzene rings is 2. The first-order chi connectivity index (χ1) is 15.1. The zero-order valence-electron chi connectivity index (χ0n) is 17.0. The van der Waals surface area contributed by atoms with E-state index in [1.165, 1.54) is 22.3 Å². The number of aromatic nitrogens is 2. The lowest BCUT2D eigenvalue weighted by molar-refractivity contribution is -0.137. The van der Waals surface area contributed by atoms with Gasteiger partial charge in [0.25, 0.3) is 0 Å². The van der Waals surface area contributed by atoms with Crippen LogP contribution in [0.25, 0.3) is 11.1 Å². The van der Waals surface area contributed by atoms with Gasteiger partial charge in [-0.1, -0.05) is 48.5 Å². The molecule has 0 spiro atoms. The third-order valence-electron chi connectivity index (χ3n) is 6.14. The number of imidazole rings is 1. The Bertz CT molecular complexity index is 1110. The number of carboxylic acid groups (broad SMARTS) is 1. The summed E-state index contributed by atoms with van der Waals surface area (Å²) in [7, 11) is 0. The number of aryl methyl sites for hydroxylation is 1. The van der Waals surface area contributed by atoms with Crippen LogP contribution in [0.2, 0.25) is 0 Å². The normalized spacial score (nSPS) is 14.6. The van der Waals surface area contributed by atoms with Crippen LogP contribution in [0.4, 0.5) is 4.79 Å². The predicted molar refractivity (Wildman–Crippen MR) is 114 cm³/mol. The van der Waals surface area contributed by atoms with Crippen molar-refractivity contribution in [2.45, 2.75) is 31.8 Å². The van der Waals surface area contributed by atoms with Crippen LogP contribution in [0.5, 0.6) is 0 Å². The first-order valence-electron chi connectivity index (χ1n) is 10.5. The highest BCUT2D eigenvalue weighted by atomic mass is 16.6. The van der Waals surface area contributed by atoms with E-state index in [0.717, 1.165) is 11.5 Å². The summed E-state index contributed by atoms with van der Waals surface area (Å²) < 4.78 is 7.76. The number of aliphatic carboxylic acids is 1. The van der Waals surface area contributed by atoms with Crippen molar-refractivity contribution in [1.82, 2.24) is 14.5 Å². The first kappa shape index (κ1) is 19.4. The van der Waals surface area contributed by atoms with Crippen molar-refractivity contribution in [3.05, 3.63) is 77.4 Å². The van der Waals surface area contributed by atoms with Crippen LogP contribution in [-0.2, 0) is 29.0 Å². The van der Waals surface area contributed by atoms with Gasteiger partial charge < -0.3 is 14.4 Å². The highest BCUT2D eigenvalue weighted by Crippen LogP contribution is 2.44. The summed E-state index contributed by atoms with van der Waals surface area (Å²) in [6.07, 6.45) is 1.87. The predicted octanol–water partition coefficient (Wildman–Crippen LogP) is 3.67. The Kier molecular flexibility index (Phi) is 4.94. The highest BCUT2D eigenvalue weighted by molar-refractivity contribution is 5.79. The second-order valence-corrected chi connectivity index (χ2v) is 7.94. The number of hydrogen-bond donors (Lipinski definition) is 1. The minimum Gasteiger partial charge on any atom is -0.481 e. The molecule has 158 valence electrons. The molecule has 1 aromatic heterocycles. The topological polar surface area (TPSA) is 84.7 Å². The standard InChI is InChI=1S/C24H23N3O4/c28-23(29)10-9-16-13-25-22-14-26(11-12-27(16)22)24(30)31-15-21-19-7-3-1-5-17(19)18-6-2-4-8-20(18)21/h1-8,13,21H,9-12,14-15H2,(H,28,29). The zero-order chi connectivity index (χ0) is 21.4. The maximum atomic E-state index is 12.8. The molecule has 3 aromatic rings. The molecule has 0 fully saturated rings. The molecule has 1 amide bonds. The lowest BCUT2D eigenvalue weighted by Crippen LogP contribution is -2.39. The van der Waals surface area contributed by atoms with Crippen LogP contribution in [0.3, 0.4) is 0 Å². The monoisotopic (exact) mass is 417 g/mol. The zero-order valence-corrected chi connectivity index (χ0v) is 17.0. The maximum Gasteiger partial charge on any atom is 0.410 e. The summed E-state index contributed by atoms with van der Waals surface area (Å²) in [5.74, 6) is -0.0301. The first-order valence-corrected chi connectivity index (χ1v) is 10.5. The number of rotatable bonds is 5. The van der Waals surface area contributed by atoms with E-state index in [-0.39, 0.29) is 18.4 Å². The molecule has 31 heavy (non-hydrogen) atoms. The lowest BCUT2D eigenvalue weighted by atomic mass is 9.98. The minimum atomic E-state index is -0.827. The molecule has 0 atom stereocenters. The van der Waals surface area contributed by atoms with E-state index in [1.54, 1.807) is 11.1 Å². The molecule has 7 heteroatoms. The fraction of sp³-hybridized carbons (Fsp3) is 0.292. The van der Waals surface area contributed by atoms with E-state index in [0.29, 0.717) is 32.7 Å². The summed E-state index contributed by atoms with van der Waals surface area (Å²) in [4.78, 5) is 29.7. The Morgan fingerprint density at radius 3 is 2.39 bits per heavy atom. The van der Waals surface area contributed by atoms with E-state index < -0.39 is 5.97 Å². The number of carbonyl (C=O) groups excluding carboxylic acids is 1. The van der Waals surface area contributed by atoms with Crippen molar-refractivity contribution in [3.63, 3.8) is 0 Å². The van der Waals surface area contributed by atoms with Crippen molar-refractivity contribution >= 4 is 12.1 Å². The van der Waals surface area contributed by atoms with Gasteiger partial charge in [-0.15, -0.1) is 0 Å². The van der Waals surface area contributed by atoms with Crippen LogP contribution < -0.4 is 0 Å². The number of ether oxygens (including phenoxy) is 1. The van der Waals surface area contributed by atoms with Gasteiger partial charge >= 0.3 is 12.1 Å². The third-order valence-corrected chi connectivity index (χ3v) is 6.14. The Morgan fingerprint density at radius 2 is 1.71 bits per heavy atom. The van der Waals surface area contributed by atoms with Crippen LogP contribution >= 0.6 is 0 Å². The van der Waals surface area contributed by atoms with E-state index in [4.69, 9.17) is 9.84 Å². The van der Waals surface area contributed by atoms with Gasteiger partial charge in [0, 0.05) is 30.9 Å². The molecule has 1 aliphatic carbocycles. The number of carbonyl (C=O) groups is 2. The molecular weight excluding hydrogens is 394 g/mol. The van der Waals surface area contributed by atoms with Crippen molar-refractivity contribution in [2.24, 2.45) is 0 Å². The number of hydrogen-bond acceptors (Lipinski definition) is 4. The Balaban J connectivity index is 1.26. The van der Waals surface area contributed by atoms with Gasteiger partial charge in [-0.25, -0.2) is 9.78 Å². The molecule has 0 unspecified atom stereocenters. The molecule has 1 N–H and O–H groups in total. The molecule has 2 aromatic carbocycles. The van der Waals surface area contributed by atoms with Crippen LogP contribution in [0, 0.1) is 0 Å². The van der Waals surface area contributed by atoms with Crippen LogP contribution in [0.1, 0.15) is 35.0 Å². The van der Waals surface area contributed by atoms with Gasteiger partial charge in [0.05, 0.1) is 13.0 Å². The van der Waals surface area contributed by atoms with Crippen LogP contribution in [0.15, 0.2) is 54.7 Å². The second kappa shape index (κ2) is 7.91. The number of nitrogens with zero attached hydrogens (tertiary/aromatic N) is 3. The Hall–Kier alpha value is -3.61. The average Bonchev–Trinajstić information content (AvgIpc) is 3.34. The quantitative estimate of drug-likeness (QED) is 0.685. The maximum absolute atomic E-state index is 12.8. The molecule has 7 nitrogen and oxygen atoms in total. The summed E-state index contributed by atoms with van der Waals surface area (Å²) in [5, 5.41) is 8.90. The third kappa shape index (κ3) is 3.56. The molecule has 0 radical (unpaired) electrons. The van der Waals surface area contributed by atoms with Gasteiger partial charge in [0.15, 0.2) is 0 Å². The van der Waals surface area contributed by atoms with Crippen molar-refractivity contribution in [2.75, 3.05) is 13.2 Å². The van der Waals surface area contributed by atoms with Gasteiger partial charge in [0.1, 0.15) is 12.4 Å². The van der Waals surface area contributed by atoms with E-state index >= 15 is 0 Å². The molecular formula is C24H23N3O4. The van der Waals surface area contributed by atoms with E-state index in [1.807, 2.05) is 28.8 Å². The van der Waals surface area contributed by atoms with Crippen molar-refractivity contribution in [3.8, 4) is 11.1 Å². The molecule has 0 saturated heterocycles. The van der Waals surface area contributed by atoms with Gasteiger partial charge in [0.2, 0.25) is 0 Å². The highest BCUT2D eigenvalue weighted by Gasteiger charge is 2.30. The molecule has 0 saturated carbocycles. The smallest absolute Gasteiger partial charge is 0.410 e. The van der Waals surface area contributed by atoms with E-state index in [9.17, 15) is 9.59 Å². The van der Waals surface area contributed by atoms with Crippen molar-refractivity contribution < 1.29 is 19.4 Å². The molecule has 2 aliphatic rings. The SMILES string of the molecule is O=C(O)CCc1cnc2n1CCN(C(=O)OCC1c3ccccc3-c3ccccc31)C2. The molecule has 2 heterocycles. The number of fused-ring (bicyclic) bond motifs is 4. The summed E-state index contributed by atoms with van der Waals surface area (Å²) in [6, 6.07) is 16.5. The van der Waals surface area contributed by atoms with Gasteiger partial charge in [-0.3, -0.25) is 9.69 Å². The van der Waals surface area contributed by atoms with Gasteiger partial charge in [-0.05, 0) is 28.7 Å². The Labute approximate surface area is 179 Å². The summed E-state index contributed by atoms with van der Waals surface area (Å²) >= 11 is 0. The lowest BCUT2D eigenvalue weighted by Gasteiger charge is -2.28. The Morgan fingerprint density at radius 1 is 1.03 bits per heavy atom. The number of amides is 1. The van der Waals surface area contributed by atoms with E-state index in [2.05, 4.69) is 29.2 Å². The molecule has 1 aliphatic heterocycles. The number of carboxylic acids is 1. The van der Waals surface area contributed by atoms with Crippen molar-refractivity contribution in [1.29, 1.82) is 0 Å². The molecule has 0 bridgehead atoms. The largest absolute Gasteiger partial charge is 0.481 e. The molecule has 5 rings (SSSR count). The average molecular weight is 417 g/mol. The van der Waals surface area contributed by atoms with Gasteiger partial charge in [-0.2, -0.15) is 0 Å². The summed E-state index contributed by atoms with van der Waals surface area (Å²) in [5.41, 5.74) is 5.67. The minimum absolute atomic E-state index is 0.0331. The fourth-order valence-electron chi connectivity index (χ4n) is 4.60. The second-order valence-electron chi connectivity index (χ2n) is 7.94. The fourth-order valence-corrected chi connectivity index (χ4v) is 4.60.